The van der Waals surface area contributed by atoms with Crippen molar-refractivity contribution in [2.24, 2.45) is 0 Å². The molecule has 0 amide bonds. The van der Waals surface area contributed by atoms with Gasteiger partial charge in [0.05, 0.1) is 0 Å². The molecule has 12 heavy (non-hydrogen) atoms. The van der Waals surface area contributed by atoms with E-state index in [9.17, 15) is 4.79 Å². The van der Waals surface area contributed by atoms with Crippen LogP contribution in [0.25, 0.3) is 0 Å². The Morgan fingerprint density at radius 1 is 1.25 bits per heavy atom. The topological polar surface area (TPSA) is 17.1 Å². The number of Topliss-reactive ketones (excluding diaryl/α,β-unsaturated/α-hetero) is 1. The molecule has 0 saturated heterocycles. The van der Waals surface area contributed by atoms with E-state index < -0.39 is 0 Å². The normalized spacial score (nSPS) is 5.67. The number of rotatable bonds is 2. The van der Waals surface area contributed by atoms with Gasteiger partial charge < -0.3 is 29.6 Å². The zero-order valence-corrected chi connectivity index (χ0v) is 12.1. The van der Waals surface area contributed by atoms with Gasteiger partial charge in [-0.05, 0) is 13.8 Å². The molecule has 0 aromatic rings. The predicted octanol–water partition coefficient (Wildman–Crippen LogP) is -3.95. The summed E-state index contributed by atoms with van der Waals surface area (Å²) in [5.41, 5.74) is 0. The first kappa shape index (κ1) is 29.2. The molecule has 72 valence electrons. The second-order valence-corrected chi connectivity index (χ2v) is 1.81. The van der Waals surface area contributed by atoms with Crippen LogP contribution in [0.3, 0.4) is 0 Å². The summed E-state index contributed by atoms with van der Waals surface area (Å²) in [5.74, 6) is 0.144. The summed E-state index contributed by atoms with van der Waals surface area (Å²) in [6.07, 6.45) is 2.69. The predicted molar refractivity (Wildman–Crippen MR) is 46.7 cm³/mol. The first-order valence-electron chi connectivity index (χ1n) is 3.26. The van der Waals surface area contributed by atoms with E-state index >= 15 is 0 Å². The Labute approximate surface area is 106 Å². The molecular weight excluding hydrogens is 302 g/mol. The molecule has 0 aliphatic carbocycles. The molecule has 0 fully saturated rings. The van der Waals surface area contributed by atoms with E-state index in [1.165, 1.54) is 13.3 Å². The number of carbonyl (C=O) groups excluding carboxylic acids is 1. The number of hydrogen-bond donors (Lipinski definition) is 0. The van der Waals surface area contributed by atoms with Crippen molar-refractivity contribution in [1.82, 2.24) is 0 Å². The zero-order chi connectivity index (χ0) is 7.70. The molecule has 0 spiro atoms. The fraction of sp³-hybridized carbons (Fsp3) is 0.625. The van der Waals surface area contributed by atoms with Crippen molar-refractivity contribution in [3.8, 4) is 0 Å². The number of halogens is 2. The van der Waals surface area contributed by atoms with Gasteiger partial charge in [0.15, 0.2) is 0 Å². The molecule has 0 aliphatic rings. The quantitative estimate of drug-likeness (QED) is 0.475. The molecule has 4 heteroatoms. The molecule has 1 nitrogen and oxygen atoms in total. The molecule has 0 atom stereocenters. The van der Waals surface area contributed by atoms with E-state index in [0.29, 0.717) is 6.42 Å². The van der Waals surface area contributed by atoms with Crippen LogP contribution in [0.1, 0.15) is 33.1 Å². The van der Waals surface area contributed by atoms with Crippen LogP contribution in [0.4, 0.5) is 0 Å². The van der Waals surface area contributed by atoms with Crippen molar-refractivity contribution < 1.29 is 29.6 Å². The van der Waals surface area contributed by atoms with Crippen LogP contribution in [-0.2, 0) is 4.79 Å². The van der Waals surface area contributed by atoms with Gasteiger partial charge >= 0.3 is 23.9 Å². The summed E-state index contributed by atoms with van der Waals surface area (Å²) in [6.45, 7) is 10.6. The van der Waals surface area contributed by atoms with Crippen molar-refractivity contribution in [3.63, 3.8) is 0 Å². The minimum absolute atomic E-state index is 0. The number of carbonyl (C=O) groups is 1. The average molecular weight is 318 g/mol. The Balaban J connectivity index is -0.0000000221. The van der Waals surface area contributed by atoms with Crippen molar-refractivity contribution in [3.05, 3.63) is 13.8 Å². The largest absolute Gasteiger partial charge is 2.00 e. The van der Waals surface area contributed by atoms with Crippen LogP contribution in [0.2, 0.25) is 0 Å². The third-order valence-corrected chi connectivity index (χ3v) is 0.706. The van der Waals surface area contributed by atoms with Gasteiger partial charge in [-0.25, -0.2) is 0 Å². The van der Waals surface area contributed by atoms with Crippen molar-refractivity contribution in [1.29, 1.82) is 0 Å². The van der Waals surface area contributed by atoms with Gasteiger partial charge in [-0.2, -0.15) is 0 Å². The van der Waals surface area contributed by atoms with Crippen LogP contribution < -0.4 is 24.8 Å². The van der Waals surface area contributed by atoms with Gasteiger partial charge in [-0.15, -0.1) is 0 Å². The molecule has 4 radical (unpaired) electrons. The maximum absolute atomic E-state index is 9.75. The summed E-state index contributed by atoms with van der Waals surface area (Å²) in [7, 11) is 0. The zero-order valence-electron chi connectivity index (χ0n) is 7.70. The molecule has 0 aromatic heterocycles. The summed E-state index contributed by atoms with van der Waals surface area (Å²) >= 11 is 0. The third-order valence-electron chi connectivity index (χ3n) is 0.706. The van der Waals surface area contributed by atoms with Crippen molar-refractivity contribution >= 4 is 29.7 Å². The van der Waals surface area contributed by atoms with Gasteiger partial charge in [0.1, 0.15) is 5.78 Å². The second-order valence-electron chi connectivity index (χ2n) is 1.81. The first-order chi connectivity index (χ1) is 4.18. The smallest absolute Gasteiger partial charge is 1.00 e. The Hall–Kier alpha value is 1.05. The molecular formula is C8H16Cl2OSn. The Morgan fingerprint density at radius 2 is 1.42 bits per heavy atom. The van der Waals surface area contributed by atoms with Crippen LogP contribution in [0.5, 0.6) is 0 Å². The average Bonchev–Trinajstić information content (AvgIpc) is 1.89. The van der Waals surface area contributed by atoms with Crippen LogP contribution in [0, 0.1) is 13.8 Å². The molecule has 0 N–H and O–H groups in total. The second kappa shape index (κ2) is 29.6. The summed E-state index contributed by atoms with van der Waals surface area (Å²) in [6, 6.07) is 0. The van der Waals surface area contributed by atoms with E-state index in [1.807, 2.05) is 0 Å². The standard InChI is InChI=1S/C4H7O.C4H9.2ClH.Sn/c1-3-4(2)5;1-3-4-2;;;/h1,3H2,2H3;1,3-4H2,2H3;2*1H;/q;;;;+2/p-2. The van der Waals surface area contributed by atoms with E-state index in [0.717, 1.165) is 6.42 Å². The summed E-state index contributed by atoms with van der Waals surface area (Å²) in [4.78, 5) is 9.75. The fourth-order valence-corrected chi connectivity index (χ4v) is 0. The number of unbranched alkanes of at least 4 members (excludes halogenated alkanes) is 1. The van der Waals surface area contributed by atoms with Gasteiger partial charge in [0.2, 0.25) is 0 Å². The Kier molecular flexibility index (Phi) is 72.1. The minimum atomic E-state index is 0. The molecule has 0 bridgehead atoms. The Morgan fingerprint density at radius 3 is 1.42 bits per heavy atom. The maximum Gasteiger partial charge on any atom is 2.00 e. The van der Waals surface area contributed by atoms with Gasteiger partial charge in [-0.3, -0.25) is 0 Å². The third kappa shape index (κ3) is 68.1. The number of ketones is 1. The SMILES string of the molecule is [CH2]CC(C)=O.[CH2]CCC.[Cl-].[Cl-].[Sn+2]. The van der Waals surface area contributed by atoms with E-state index in [1.54, 1.807) is 0 Å². The summed E-state index contributed by atoms with van der Waals surface area (Å²) < 4.78 is 0. The van der Waals surface area contributed by atoms with Gasteiger partial charge in [0.25, 0.3) is 0 Å². The monoisotopic (exact) mass is 318 g/mol. The van der Waals surface area contributed by atoms with Crippen LogP contribution in [-0.4, -0.2) is 29.7 Å². The molecule has 0 unspecified atom stereocenters. The van der Waals surface area contributed by atoms with E-state index in [2.05, 4.69) is 20.8 Å². The molecule has 0 aromatic carbocycles. The maximum atomic E-state index is 9.75. The molecule has 0 aliphatic heterocycles. The molecule has 0 rings (SSSR count). The number of hydrogen-bond acceptors (Lipinski definition) is 1. The van der Waals surface area contributed by atoms with Crippen molar-refractivity contribution in [2.75, 3.05) is 0 Å². The Bertz CT molecular complexity index is 68.1. The summed E-state index contributed by atoms with van der Waals surface area (Å²) in [5, 5.41) is 0. The molecule has 0 saturated carbocycles. The van der Waals surface area contributed by atoms with Gasteiger partial charge in [0, 0.05) is 6.42 Å². The molecule has 0 heterocycles. The van der Waals surface area contributed by atoms with E-state index in [-0.39, 0.29) is 54.5 Å². The van der Waals surface area contributed by atoms with Crippen LogP contribution in [0.15, 0.2) is 0 Å². The van der Waals surface area contributed by atoms with E-state index in [4.69, 9.17) is 0 Å². The fourth-order valence-electron chi connectivity index (χ4n) is 0. The van der Waals surface area contributed by atoms with Crippen LogP contribution >= 0.6 is 0 Å². The van der Waals surface area contributed by atoms with Crippen molar-refractivity contribution in [2.45, 2.75) is 33.1 Å². The first-order valence-corrected chi connectivity index (χ1v) is 3.26. The van der Waals surface area contributed by atoms with Gasteiger partial charge in [-0.1, -0.05) is 26.7 Å². The minimum Gasteiger partial charge on any atom is -1.00 e.